The largest absolute Gasteiger partial charge is 0.466 e. The van der Waals surface area contributed by atoms with Crippen molar-refractivity contribution in [2.75, 3.05) is 19.6 Å². The summed E-state index contributed by atoms with van der Waals surface area (Å²) in [5.74, 6) is 2.78. The number of halogens is 1. The van der Waals surface area contributed by atoms with Gasteiger partial charge in [-0.25, -0.2) is 4.99 Å². The van der Waals surface area contributed by atoms with Gasteiger partial charge in [0.2, 0.25) is 0 Å². The molecule has 0 bridgehead atoms. The van der Waals surface area contributed by atoms with Crippen LogP contribution in [0.15, 0.2) is 39.9 Å². The lowest BCUT2D eigenvalue weighted by molar-refractivity contribution is 0.196. The van der Waals surface area contributed by atoms with Crippen molar-refractivity contribution in [1.29, 1.82) is 0 Å². The molecule has 154 valence electrons. The molecular weight excluding hydrogens is 465 g/mol. The van der Waals surface area contributed by atoms with Crippen LogP contribution in [0.4, 0.5) is 0 Å². The van der Waals surface area contributed by atoms with Crippen LogP contribution >= 0.6 is 24.0 Å². The molecule has 0 aromatic carbocycles. The molecule has 0 amide bonds. The quantitative estimate of drug-likeness (QED) is 0.363. The highest BCUT2D eigenvalue weighted by molar-refractivity contribution is 14.0. The Morgan fingerprint density at radius 3 is 2.68 bits per heavy atom. The van der Waals surface area contributed by atoms with Gasteiger partial charge in [0.1, 0.15) is 11.5 Å². The lowest BCUT2D eigenvalue weighted by atomic mass is 10.0. The first kappa shape index (κ1) is 22.7. The molecule has 0 aliphatic carbocycles. The maximum absolute atomic E-state index is 5.60. The molecule has 3 heterocycles. The summed E-state index contributed by atoms with van der Waals surface area (Å²) < 4.78 is 5.60. The zero-order valence-electron chi connectivity index (χ0n) is 17.1. The van der Waals surface area contributed by atoms with Gasteiger partial charge in [0.25, 0.3) is 0 Å². The van der Waals surface area contributed by atoms with Gasteiger partial charge in [-0.1, -0.05) is 6.07 Å². The fourth-order valence-electron chi connectivity index (χ4n) is 3.47. The molecule has 0 spiro atoms. The van der Waals surface area contributed by atoms with Crippen molar-refractivity contribution in [2.24, 2.45) is 4.99 Å². The van der Waals surface area contributed by atoms with Crippen molar-refractivity contribution < 1.29 is 4.42 Å². The van der Waals surface area contributed by atoms with E-state index in [0.717, 1.165) is 67.8 Å². The number of aromatic nitrogens is 1. The Hall–Kier alpha value is -1.61. The van der Waals surface area contributed by atoms with Gasteiger partial charge in [0.15, 0.2) is 5.96 Å². The van der Waals surface area contributed by atoms with Gasteiger partial charge in [0.05, 0.1) is 12.2 Å². The number of furan rings is 1. The van der Waals surface area contributed by atoms with Gasteiger partial charge in [-0.15, -0.1) is 24.0 Å². The number of pyridine rings is 1. The van der Waals surface area contributed by atoms with Crippen LogP contribution in [0.2, 0.25) is 0 Å². The van der Waals surface area contributed by atoms with Crippen LogP contribution < -0.4 is 10.6 Å². The van der Waals surface area contributed by atoms with Gasteiger partial charge in [-0.2, -0.15) is 0 Å². The van der Waals surface area contributed by atoms with Crippen LogP contribution in [-0.2, 0) is 13.1 Å². The molecule has 2 aromatic heterocycles. The minimum atomic E-state index is 0. The Labute approximate surface area is 185 Å². The van der Waals surface area contributed by atoms with Crippen LogP contribution in [0.5, 0.6) is 0 Å². The first-order chi connectivity index (χ1) is 13.1. The Kier molecular flexibility index (Phi) is 9.24. The van der Waals surface area contributed by atoms with Crippen LogP contribution in [-0.4, -0.2) is 41.5 Å². The molecule has 1 aliphatic heterocycles. The highest BCUT2D eigenvalue weighted by atomic mass is 127. The van der Waals surface area contributed by atoms with E-state index in [4.69, 9.17) is 9.41 Å². The van der Waals surface area contributed by atoms with E-state index in [-0.39, 0.29) is 24.0 Å². The van der Waals surface area contributed by atoms with E-state index in [9.17, 15) is 0 Å². The molecule has 1 fully saturated rings. The Bertz CT molecular complexity index is 739. The number of aliphatic imine (C=N–C) groups is 1. The number of piperidine rings is 1. The van der Waals surface area contributed by atoms with E-state index >= 15 is 0 Å². The number of hydrogen-bond acceptors (Lipinski definition) is 4. The minimum Gasteiger partial charge on any atom is -0.466 e. The van der Waals surface area contributed by atoms with E-state index in [2.05, 4.69) is 45.6 Å². The lowest BCUT2D eigenvalue weighted by Crippen LogP contribution is -2.48. The molecule has 1 aliphatic rings. The predicted molar refractivity (Wildman–Crippen MR) is 124 cm³/mol. The summed E-state index contributed by atoms with van der Waals surface area (Å²) in [5, 5.41) is 6.97. The monoisotopic (exact) mass is 497 g/mol. The van der Waals surface area contributed by atoms with Crippen molar-refractivity contribution >= 4 is 29.9 Å². The van der Waals surface area contributed by atoms with Crippen LogP contribution in [0.25, 0.3) is 0 Å². The number of rotatable bonds is 6. The zero-order chi connectivity index (χ0) is 19.1. The van der Waals surface area contributed by atoms with Crippen molar-refractivity contribution in [3.05, 3.63) is 53.2 Å². The average Bonchev–Trinajstić information content (AvgIpc) is 2.99. The van der Waals surface area contributed by atoms with E-state index < -0.39 is 0 Å². The molecule has 2 N–H and O–H groups in total. The zero-order valence-corrected chi connectivity index (χ0v) is 19.4. The van der Waals surface area contributed by atoms with Gasteiger partial charge in [-0.3, -0.25) is 9.88 Å². The molecule has 28 heavy (non-hydrogen) atoms. The third kappa shape index (κ3) is 6.77. The normalized spacial score (nSPS) is 15.9. The number of hydrogen-bond donors (Lipinski definition) is 2. The Morgan fingerprint density at radius 2 is 2.07 bits per heavy atom. The smallest absolute Gasteiger partial charge is 0.191 e. The predicted octanol–water partition coefficient (Wildman–Crippen LogP) is 3.63. The highest BCUT2D eigenvalue weighted by Gasteiger charge is 2.20. The molecule has 0 saturated carbocycles. The number of nitrogens with one attached hydrogen (secondary N) is 2. The molecule has 6 nitrogen and oxygen atoms in total. The second-order valence-electron chi connectivity index (χ2n) is 7.15. The number of aryl methyl sites for hydroxylation is 2. The first-order valence-electron chi connectivity index (χ1n) is 9.87. The summed E-state index contributed by atoms with van der Waals surface area (Å²) >= 11 is 0. The third-order valence-electron chi connectivity index (χ3n) is 4.94. The molecule has 3 rings (SSSR count). The molecule has 0 atom stereocenters. The summed E-state index contributed by atoms with van der Waals surface area (Å²) in [6.45, 7) is 10.6. The second-order valence-corrected chi connectivity index (χ2v) is 7.15. The maximum atomic E-state index is 5.60. The summed E-state index contributed by atoms with van der Waals surface area (Å²) in [6, 6.07) is 8.64. The lowest BCUT2D eigenvalue weighted by Gasteiger charge is -2.32. The second kappa shape index (κ2) is 11.4. The molecule has 1 saturated heterocycles. The van der Waals surface area contributed by atoms with Crippen molar-refractivity contribution in [2.45, 2.75) is 52.7 Å². The van der Waals surface area contributed by atoms with E-state index in [1.165, 1.54) is 0 Å². The van der Waals surface area contributed by atoms with Crippen molar-refractivity contribution in [1.82, 2.24) is 20.5 Å². The topological polar surface area (TPSA) is 65.7 Å². The summed E-state index contributed by atoms with van der Waals surface area (Å²) in [5.41, 5.74) is 2.29. The van der Waals surface area contributed by atoms with Crippen LogP contribution in [0, 0.1) is 13.8 Å². The summed E-state index contributed by atoms with van der Waals surface area (Å²) in [7, 11) is 0. The fraction of sp³-hybridized carbons (Fsp3) is 0.524. The van der Waals surface area contributed by atoms with E-state index in [1.807, 2.05) is 26.1 Å². The highest BCUT2D eigenvalue weighted by Crippen LogP contribution is 2.15. The average molecular weight is 497 g/mol. The Morgan fingerprint density at radius 1 is 1.29 bits per heavy atom. The molecular formula is C21H32IN5O. The minimum absolute atomic E-state index is 0. The molecule has 0 radical (unpaired) electrons. The van der Waals surface area contributed by atoms with Gasteiger partial charge < -0.3 is 15.1 Å². The van der Waals surface area contributed by atoms with Crippen molar-refractivity contribution in [3.8, 4) is 0 Å². The van der Waals surface area contributed by atoms with Crippen molar-refractivity contribution in [3.63, 3.8) is 0 Å². The summed E-state index contributed by atoms with van der Waals surface area (Å²) in [6.07, 6.45) is 4.09. The van der Waals surface area contributed by atoms with Gasteiger partial charge >= 0.3 is 0 Å². The number of guanidine groups is 1. The van der Waals surface area contributed by atoms with Crippen LogP contribution in [0.1, 0.15) is 42.5 Å². The Balaban J connectivity index is 0.00000280. The molecule has 7 heteroatoms. The van der Waals surface area contributed by atoms with Crippen LogP contribution in [0.3, 0.4) is 0 Å². The molecule has 0 unspecified atom stereocenters. The number of likely N-dealkylation sites (tertiary alicyclic amines) is 1. The third-order valence-corrected chi connectivity index (χ3v) is 4.94. The SMILES string of the molecule is CCNC(=NCc1cc(C)oc1C)NC1CCN(Cc2ccccn2)CC1.I. The number of nitrogens with zero attached hydrogens (tertiary/aromatic N) is 3. The van der Waals surface area contributed by atoms with Gasteiger partial charge in [0, 0.05) is 44.0 Å². The standard InChI is InChI=1S/C21H31N5O.HI/c1-4-22-21(24-14-18-13-16(2)27-17(18)3)25-19-8-11-26(12-9-19)15-20-7-5-6-10-23-20;/h5-7,10,13,19H,4,8-9,11-12,14-15H2,1-3H3,(H2,22,24,25);1H. The summed E-state index contributed by atoms with van der Waals surface area (Å²) in [4.78, 5) is 11.7. The van der Waals surface area contributed by atoms with E-state index in [0.29, 0.717) is 12.6 Å². The molecule has 2 aromatic rings. The fourth-order valence-corrected chi connectivity index (χ4v) is 3.47. The van der Waals surface area contributed by atoms with Gasteiger partial charge in [-0.05, 0) is 51.8 Å². The maximum Gasteiger partial charge on any atom is 0.191 e. The van der Waals surface area contributed by atoms with E-state index in [1.54, 1.807) is 0 Å². The first-order valence-corrected chi connectivity index (χ1v) is 9.87.